The van der Waals surface area contributed by atoms with Crippen molar-refractivity contribution in [2.75, 3.05) is 7.11 Å². The van der Waals surface area contributed by atoms with E-state index in [1.807, 2.05) is 24.3 Å². The molecule has 0 unspecified atom stereocenters. The van der Waals surface area contributed by atoms with Crippen molar-refractivity contribution in [1.82, 2.24) is 4.98 Å². The number of hydrogen-bond acceptors (Lipinski definition) is 2. The summed E-state index contributed by atoms with van der Waals surface area (Å²) in [6, 6.07) is 12.2. The molecule has 2 nitrogen and oxygen atoms in total. The molecular formula is C19H20AsClNO. The fourth-order valence-electron chi connectivity index (χ4n) is 2.72. The summed E-state index contributed by atoms with van der Waals surface area (Å²) >= 11 is 6.27. The van der Waals surface area contributed by atoms with Gasteiger partial charge in [0.2, 0.25) is 0 Å². The number of ether oxygens (including phenoxy) is 1. The quantitative estimate of drug-likeness (QED) is 0.337. The van der Waals surface area contributed by atoms with Crippen LogP contribution in [0.25, 0.3) is 21.8 Å². The average molecular weight is 389 g/mol. The molecule has 0 amide bonds. The molecule has 0 spiro atoms. The third-order valence-corrected chi connectivity index (χ3v) is 6.99. The summed E-state index contributed by atoms with van der Waals surface area (Å²) in [5.74, 6) is 0.892. The summed E-state index contributed by atoms with van der Waals surface area (Å²) in [5.41, 5.74) is 2.03. The van der Waals surface area contributed by atoms with Gasteiger partial charge in [-0.05, 0) is 0 Å². The van der Waals surface area contributed by atoms with Crippen molar-refractivity contribution < 1.29 is 4.74 Å². The first-order chi connectivity index (χ1) is 11.2. The zero-order valence-corrected chi connectivity index (χ0v) is 16.1. The minimum absolute atomic E-state index is 0.108. The molecule has 0 aliphatic carbocycles. The van der Waals surface area contributed by atoms with Crippen LogP contribution in [0.1, 0.15) is 26.2 Å². The van der Waals surface area contributed by atoms with E-state index < -0.39 is 0 Å². The van der Waals surface area contributed by atoms with Crippen molar-refractivity contribution in [2.24, 2.45) is 0 Å². The standard InChI is InChI=1S/C19H20AsClNO/c1-3-4-5-10-20-19-15-8-6-13(21)11-18(15)22-17-9-7-14(23-2)12-16(17)19/h6-9,11-12H,3-5,10H2,1-2H3. The van der Waals surface area contributed by atoms with Gasteiger partial charge in [-0.3, -0.25) is 0 Å². The van der Waals surface area contributed by atoms with E-state index in [4.69, 9.17) is 21.3 Å². The van der Waals surface area contributed by atoms with Gasteiger partial charge in [-0.1, -0.05) is 0 Å². The molecule has 119 valence electrons. The minimum atomic E-state index is 0.108. The molecule has 3 aromatic rings. The molecule has 1 aromatic heterocycles. The van der Waals surface area contributed by atoms with Gasteiger partial charge in [0.05, 0.1) is 0 Å². The Morgan fingerprint density at radius 3 is 2.70 bits per heavy atom. The second-order valence-corrected chi connectivity index (χ2v) is 8.57. The summed E-state index contributed by atoms with van der Waals surface area (Å²) in [4.78, 5) is 4.79. The Balaban J connectivity index is 2.14. The van der Waals surface area contributed by atoms with Gasteiger partial charge in [0.15, 0.2) is 0 Å². The van der Waals surface area contributed by atoms with E-state index in [-0.39, 0.29) is 15.8 Å². The van der Waals surface area contributed by atoms with E-state index in [9.17, 15) is 0 Å². The molecular weight excluding hydrogens is 369 g/mol. The summed E-state index contributed by atoms with van der Waals surface area (Å²) in [5, 5.41) is 4.51. The van der Waals surface area contributed by atoms with Gasteiger partial charge >= 0.3 is 149 Å². The predicted molar refractivity (Wildman–Crippen MR) is 101 cm³/mol. The van der Waals surface area contributed by atoms with Gasteiger partial charge in [0.1, 0.15) is 0 Å². The Kier molecular flexibility index (Phi) is 5.45. The zero-order valence-electron chi connectivity index (χ0n) is 13.5. The predicted octanol–water partition coefficient (Wildman–Crippen LogP) is 4.99. The Morgan fingerprint density at radius 2 is 1.91 bits per heavy atom. The van der Waals surface area contributed by atoms with Crippen LogP contribution >= 0.6 is 11.6 Å². The van der Waals surface area contributed by atoms with E-state index >= 15 is 0 Å². The number of nitrogens with zero attached hydrogens (tertiary/aromatic N) is 1. The average Bonchev–Trinajstić information content (AvgIpc) is 2.57. The molecule has 23 heavy (non-hydrogen) atoms. The fourth-order valence-corrected chi connectivity index (χ4v) is 5.65. The number of aromatic nitrogens is 1. The maximum atomic E-state index is 6.16. The molecule has 1 radical (unpaired) electrons. The number of rotatable bonds is 6. The molecule has 1 heterocycles. The molecule has 4 heteroatoms. The summed E-state index contributed by atoms with van der Waals surface area (Å²) in [6.45, 7) is 2.25. The molecule has 0 aliphatic rings. The number of pyridine rings is 1. The van der Waals surface area contributed by atoms with Crippen molar-refractivity contribution in [1.29, 1.82) is 0 Å². The van der Waals surface area contributed by atoms with E-state index in [0.717, 1.165) is 21.8 Å². The summed E-state index contributed by atoms with van der Waals surface area (Å²) < 4.78 is 6.86. The Morgan fingerprint density at radius 1 is 1.04 bits per heavy atom. The van der Waals surface area contributed by atoms with Crippen molar-refractivity contribution in [3.63, 3.8) is 0 Å². The van der Waals surface area contributed by atoms with Crippen LogP contribution in [0.4, 0.5) is 0 Å². The zero-order chi connectivity index (χ0) is 16.2. The Bertz CT molecular complexity index is 834. The van der Waals surface area contributed by atoms with Gasteiger partial charge in [-0.15, -0.1) is 0 Å². The number of benzene rings is 2. The van der Waals surface area contributed by atoms with Crippen LogP contribution in [0.15, 0.2) is 36.4 Å². The van der Waals surface area contributed by atoms with Crippen LogP contribution in [0, 0.1) is 0 Å². The Labute approximate surface area is 148 Å². The molecule has 0 bridgehead atoms. The molecule has 3 rings (SSSR count). The van der Waals surface area contributed by atoms with Crippen LogP contribution in [0.2, 0.25) is 10.2 Å². The van der Waals surface area contributed by atoms with Crippen LogP contribution in [-0.2, 0) is 0 Å². The third-order valence-electron chi connectivity index (χ3n) is 3.95. The second kappa shape index (κ2) is 7.55. The van der Waals surface area contributed by atoms with E-state index in [0.29, 0.717) is 0 Å². The Hall–Kier alpha value is -1.24. The van der Waals surface area contributed by atoms with E-state index in [2.05, 4.69) is 19.1 Å². The summed E-state index contributed by atoms with van der Waals surface area (Å²) in [6.07, 6.45) is 3.88. The van der Waals surface area contributed by atoms with Crippen LogP contribution in [0.3, 0.4) is 0 Å². The van der Waals surface area contributed by atoms with E-state index in [1.54, 1.807) is 7.11 Å². The maximum absolute atomic E-state index is 6.16. The van der Waals surface area contributed by atoms with Crippen LogP contribution in [-0.4, -0.2) is 27.8 Å². The molecule has 2 aromatic carbocycles. The number of unbranched alkanes of at least 4 members (excludes halogenated alkanes) is 2. The first-order valence-electron chi connectivity index (χ1n) is 7.97. The van der Waals surface area contributed by atoms with Gasteiger partial charge in [-0.25, -0.2) is 0 Å². The molecule has 0 N–H and O–H groups in total. The normalized spacial score (nSPS) is 11.8. The van der Waals surface area contributed by atoms with Crippen LogP contribution in [0.5, 0.6) is 5.75 Å². The first-order valence-corrected chi connectivity index (χ1v) is 10.6. The second-order valence-electron chi connectivity index (χ2n) is 5.59. The molecule has 0 fully saturated rings. The van der Waals surface area contributed by atoms with Crippen LogP contribution < -0.4 is 9.09 Å². The van der Waals surface area contributed by atoms with E-state index in [1.165, 1.54) is 39.6 Å². The van der Waals surface area contributed by atoms with Crippen molar-refractivity contribution in [3.05, 3.63) is 41.4 Å². The monoisotopic (exact) mass is 388 g/mol. The molecule has 0 aliphatic heterocycles. The number of halogens is 1. The molecule has 0 atom stereocenters. The van der Waals surface area contributed by atoms with Crippen molar-refractivity contribution in [3.8, 4) is 5.75 Å². The topological polar surface area (TPSA) is 22.1 Å². The fraction of sp³-hybridized carbons (Fsp3) is 0.316. The van der Waals surface area contributed by atoms with Gasteiger partial charge in [0.25, 0.3) is 0 Å². The molecule has 0 saturated carbocycles. The number of methoxy groups -OCH3 is 1. The SMILES string of the molecule is CCCCC[As]c1c2ccc(Cl)cc2nc2ccc(OC)cc12. The van der Waals surface area contributed by atoms with Gasteiger partial charge in [-0.2, -0.15) is 0 Å². The third kappa shape index (κ3) is 3.65. The first kappa shape index (κ1) is 16.6. The summed E-state index contributed by atoms with van der Waals surface area (Å²) in [7, 11) is 1.71. The number of hydrogen-bond donors (Lipinski definition) is 0. The van der Waals surface area contributed by atoms with Gasteiger partial charge in [0, 0.05) is 0 Å². The number of fused-ring (bicyclic) bond motifs is 2. The molecule has 0 saturated heterocycles. The van der Waals surface area contributed by atoms with Gasteiger partial charge < -0.3 is 0 Å². The van der Waals surface area contributed by atoms with Crippen molar-refractivity contribution in [2.45, 2.75) is 31.4 Å². The van der Waals surface area contributed by atoms with Crippen molar-refractivity contribution >= 4 is 53.5 Å².